The minimum atomic E-state index is -4.44. The van der Waals surface area contributed by atoms with Crippen LogP contribution in [-0.2, 0) is 17.5 Å². The smallest absolute Gasteiger partial charge is 0.367 e. The van der Waals surface area contributed by atoms with Crippen molar-refractivity contribution in [2.45, 2.75) is 31.6 Å². The van der Waals surface area contributed by atoms with Crippen LogP contribution >= 0.6 is 0 Å². The third-order valence-corrected chi connectivity index (χ3v) is 6.43. The van der Waals surface area contributed by atoms with Crippen LogP contribution in [0.3, 0.4) is 0 Å². The number of hydrogen-bond donors (Lipinski definition) is 4. The van der Waals surface area contributed by atoms with E-state index in [0.29, 0.717) is 46.6 Å². The Morgan fingerprint density at radius 1 is 1.05 bits per heavy atom. The molecule has 2 aromatic carbocycles. The molecule has 1 saturated carbocycles. The fourth-order valence-electron chi connectivity index (χ4n) is 4.35. The van der Waals surface area contributed by atoms with Gasteiger partial charge < -0.3 is 16.0 Å². The molecule has 12 heteroatoms. The maximum absolute atomic E-state index is 13.3. The van der Waals surface area contributed by atoms with Crippen molar-refractivity contribution in [3.05, 3.63) is 83.2 Å². The fraction of sp³-hybridized carbons (Fsp3) is 0.185. The summed E-state index contributed by atoms with van der Waals surface area (Å²) >= 11 is 0. The molecular formula is C27H22F3N7O2. The summed E-state index contributed by atoms with van der Waals surface area (Å²) < 4.78 is 41.6. The number of nitrogens with one attached hydrogen (secondary N) is 4. The molecule has 1 saturated heterocycles. The SMILES string of the molecule is O=C1NC(=O)/C(=C\c2cnn3c(NC4CC4)cc(NCc4ccccc4-c4cccc(C(F)(F)F)c4)nc23)N1. The summed E-state index contributed by atoms with van der Waals surface area (Å²) in [5.41, 5.74) is 2.28. The molecule has 9 nitrogen and oxygen atoms in total. The molecule has 39 heavy (non-hydrogen) atoms. The molecule has 0 spiro atoms. The Bertz CT molecular complexity index is 1640. The van der Waals surface area contributed by atoms with Crippen LogP contribution in [0.15, 0.2) is 66.5 Å². The standard InChI is InChI=1S/C27H22F3N7O2/c28-27(29,30)18-6-3-5-15(10-18)20-7-2-1-4-16(20)13-31-22-12-23(33-19-8-9-19)37-24(35-22)17(14-32-37)11-21-25(38)36-26(39)34-21/h1-7,10-12,14,19,33H,8-9,13H2,(H,31,35)(H2,34,36,38,39)/b21-11+. The summed E-state index contributed by atoms with van der Waals surface area (Å²) in [6.07, 6.45) is 0.678. The molecule has 2 aromatic heterocycles. The minimum absolute atomic E-state index is 0.0850. The third kappa shape index (κ3) is 5.13. The van der Waals surface area contributed by atoms with E-state index in [0.717, 1.165) is 30.5 Å². The van der Waals surface area contributed by atoms with Crippen LogP contribution < -0.4 is 21.3 Å². The number of hydrogen-bond acceptors (Lipinski definition) is 6. The lowest BCUT2D eigenvalue weighted by molar-refractivity contribution is -0.137. The highest BCUT2D eigenvalue weighted by Gasteiger charge is 2.30. The molecule has 2 aliphatic rings. The van der Waals surface area contributed by atoms with E-state index in [9.17, 15) is 22.8 Å². The molecule has 3 heterocycles. The highest BCUT2D eigenvalue weighted by atomic mass is 19.4. The van der Waals surface area contributed by atoms with Crippen LogP contribution in [0.4, 0.5) is 29.6 Å². The molecular weight excluding hydrogens is 511 g/mol. The van der Waals surface area contributed by atoms with Gasteiger partial charge in [-0.15, -0.1) is 0 Å². The van der Waals surface area contributed by atoms with E-state index in [1.165, 1.54) is 12.1 Å². The van der Waals surface area contributed by atoms with Crippen LogP contribution in [0.25, 0.3) is 22.9 Å². The minimum Gasteiger partial charge on any atom is -0.367 e. The predicted molar refractivity (Wildman–Crippen MR) is 138 cm³/mol. The van der Waals surface area contributed by atoms with Crippen LogP contribution in [0.5, 0.6) is 0 Å². The Kier molecular flexibility index (Phi) is 5.93. The number of rotatable bonds is 7. The van der Waals surface area contributed by atoms with Crippen LogP contribution in [0.1, 0.15) is 29.5 Å². The second-order valence-corrected chi connectivity index (χ2v) is 9.34. The number of carbonyl (C=O) groups is 2. The lowest BCUT2D eigenvalue weighted by Crippen LogP contribution is -2.22. The van der Waals surface area contributed by atoms with E-state index in [4.69, 9.17) is 0 Å². The summed E-state index contributed by atoms with van der Waals surface area (Å²) in [6.45, 7) is 0.293. The van der Waals surface area contributed by atoms with Crippen LogP contribution in [0, 0.1) is 0 Å². The number of benzene rings is 2. The zero-order valence-corrected chi connectivity index (χ0v) is 20.3. The molecule has 0 atom stereocenters. The van der Waals surface area contributed by atoms with Crippen LogP contribution in [-0.4, -0.2) is 32.6 Å². The fourth-order valence-corrected chi connectivity index (χ4v) is 4.35. The van der Waals surface area contributed by atoms with Crippen molar-refractivity contribution in [3.8, 4) is 11.1 Å². The average Bonchev–Trinajstić information content (AvgIpc) is 3.55. The average molecular weight is 534 g/mol. The summed E-state index contributed by atoms with van der Waals surface area (Å²) in [5.74, 6) is 0.654. The largest absolute Gasteiger partial charge is 0.416 e. The first-order chi connectivity index (χ1) is 18.7. The van der Waals surface area contributed by atoms with Gasteiger partial charge >= 0.3 is 12.2 Å². The zero-order valence-electron chi connectivity index (χ0n) is 20.3. The number of amides is 3. The molecule has 0 radical (unpaired) electrons. The van der Waals surface area contributed by atoms with Crippen molar-refractivity contribution >= 4 is 35.3 Å². The molecule has 198 valence electrons. The van der Waals surface area contributed by atoms with Crippen molar-refractivity contribution in [3.63, 3.8) is 0 Å². The lowest BCUT2D eigenvalue weighted by Gasteiger charge is -2.15. The molecule has 6 rings (SSSR count). The monoisotopic (exact) mass is 533 g/mol. The van der Waals surface area contributed by atoms with Gasteiger partial charge in [-0.2, -0.15) is 22.8 Å². The number of anilines is 2. The van der Waals surface area contributed by atoms with Gasteiger partial charge in [0, 0.05) is 24.2 Å². The Morgan fingerprint density at radius 2 is 1.87 bits per heavy atom. The zero-order chi connectivity index (χ0) is 27.1. The summed E-state index contributed by atoms with van der Waals surface area (Å²) in [6, 6.07) is 14.0. The van der Waals surface area contributed by atoms with Gasteiger partial charge in [0.2, 0.25) is 0 Å². The van der Waals surface area contributed by atoms with E-state index in [1.807, 2.05) is 18.2 Å². The van der Waals surface area contributed by atoms with E-state index >= 15 is 0 Å². The van der Waals surface area contributed by atoms with Gasteiger partial charge in [0.1, 0.15) is 17.3 Å². The number of nitrogens with zero attached hydrogens (tertiary/aromatic N) is 3. The van der Waals surface area contributed by atoms with Gasteiger partial charge in [-0.1, -0.05) is 36.4 Å². The van der Waals surface area contributed by atoms with Crippen molar-refractivity contribution in [1.29, 1.82) is 0 Å². The maximum Gasteiger partial charge on any atom is 0.416 e. The summed E-state index contributed by atoms with van der Waals surface area (Å²) in [4.78, 5) is 28.2. The number of fused-ring (bicyclic) bond motifs is 1. The number of imide groups is 1. The van der Waals surface area contributed by atoms with Gasteiger partial charge in [0.15, 0.2) is 5.65 Å². The normalized spacial score (nSPS) is 16.4. The van der Waals surface area contributed by atoms with Gasteiger partial charge in [0.05, 0.1) is 11.8 Å². The van der Waals surface area contributed by atoms with Gasteiger partial charge in [-0.3, -0.25) is 10.1 Å². The molecule has 0 unspecified atom stereocenters. The number of carbonyl (C=O) groups excluding carboxylic acids is 2. The highest BCUT2D eigenvalue weighted by Crippen LogP contribution is 2.33. The summed E-state index contributed by atoms with van der Waals surface area (Å²) in [7, 11) is 0. The van der Waals surface area contributed by atoms with Gasteiger partial charge in [-0.05, 0) is 47.7 Å². The van der Waals surface area contributed by atoms with E-state index in [1.54, 1.807) is 28.9 Å². The van der Waals surface area contributed by atoms with Crippen LogP contribution in [0.2, 0.25) is 0 Å². The molecule has 4 aromatic rings. The first kappa shape index (κ1) is 24.5. The first-order valence-electron chi connectivity index (χ1n) is 12.2. The van der Waals surface area contributed by atoms with E-state index < -0.39 is 23.7 Å². The Balaban J connectivity index is 1.33. The van der Waals surface area contributed by atoms with Gasteiger partial charge in [0.25, 0.3) is 5.91 Å². The molecule has 4 N–H and O–H groups in total. The Hall–Kier alpha value is -4.87. The molecule has 3 amide bonds. The summed E-state index contributed by atoms with van der Waals surface area (Å²) in [5, 5.41) is 15.7. The molecule has 0 bridgehead atoms. The van der Waals surface area contributed by atoms with Gasteiger partial charge in [-0.25, -0.2) is 9.78 Å². The Morgan fingerprint density at radius 3 is 2.62 bits per heavy atom. The number of alkyl halides is 3. The van der Waals surface area contributed by atoms with Crippen molar-refractivity contribution in [1.82, 2.24) is 25.2 Å². The highest BCUT2D eigenvalue weighted by molar-refractivity contribution is 6.14. The number of urea groups is 1. The topological polar surface area (TPSA) is 112 Å². The lowest BCUT2D eigenvalue weighted by atomic mass is 9.98. The van der Waals surface area contributed by atoms with Crippen molar-refractivity contribution in [2.75, 3.05) is 10.6 Å². The maximum atomic E-state index is 13.3. The number of halogens is 3. The predicted octanol–water partition coefficient (Wildman–Crippen LogP) is 4.78. The van der Waals surface area contributed by atoms with Crippen molar-refractivity contribution in [2.24, 2.45) is 0 Å². The molecule has 2 fully saturated rings. The second kappa shape index (κ2) is 9.46. The van der Waals surface area contributed by atoms with Crippen molar-refractivity contribution < 1.29 is 22.8 Å². The van der Waals surface area contributed by atoms with E-state index in [2.05, 4.69) is 31.3 Å². The third-order valence-electron chi connectivity index (χ3n) is 6.43. The second-order valence-electron chi connectivity index (χ2n) is 9.34. The van der Waals surface area contributed by atoms with E-state index in [-0.39, 0.29) is 5.70 Å². The molecule has 1 aliphatic carbocycles. The first-order valence-corrected chi connectivity index (χ1v) is 12.2. The Labute approximate surface area is 220 Å². The quantitative estimate of drug-likeness (QED) is 0.201. The number of aromatic nitrogens is 3. The molecule has 1 aliphatic heterocycles.